The standard InChI is InChI=1S/C41H36O6/c1-27-24-29(12-22-37(27)45-6)10-11-30-13-23-38(28(2)25-30)47-40(43)32-9-7-8-31(26-32)39(42)46-36-20-16-34(17-21-36)41(3,4)33-14-18-35(44-5)19-15-33/h7-9,12-26H,1-6H3. The van der Waals surface area contributed by atoms with Crippen LogP contribution in [0, 0.1) is 25.7 Å². The third-order valence-corrected chi connectivity index (χ3v) is 8.06. The van der Waals surface area contributed by atoms with Gasteiger partial charge >= 0.3 is 11.9 Å². The molecule has 0 fully saturated rings. The number of aryl methyl sites for hydroxylation is 2. The molecule has 0 N–H and O–H groups in total. The van der Waals surface area contributed by atoms with Crippen LogP contribution in [0.15, 0.2) is 109 Å². The number of hydrogen-bond donors (Lipinski definition) is 0. The molecule has 5 aromatic rings. The quantitative estimate of drug-likeness (QED) is 0.0980. The predicted molar refractivity (Wildman–Crippen MR) is 183 cm³/mol. The molecule has 6 heteroatoms. The molecular formula is C41H36O6. The average molecular weight is 625 g/mol. The zero-order chi connectivity index (χ0) is 33.6. The maximum Gasteiger partial charge on any atom is 0.343 e. The minimum atomic E-state index is -0.583. The molecule has 0 saturated heterocycles. The maximum absolute atomic E-state index is 13.0. The van der Waals surface area contributed by atoms with Gasteiger partial charge in [-0.25, -0.2) is 9.59 Å². The van der Waals surface area contributed by atoms with Crippen molar-refractivity contribution in [3.05, 3.63) is 154 Å². The molecule has 0 aliphatic heterocycles. The van der Waals surface area contributed by atoms with E-state index in [1.165, 1.54) is 6.07 Å². The van der Waals surface area contributed by atoms with E-state index < -0.39 is 11.9 Å². The van der Waals surface area contributed by atoms with Gasteiger partial charge in [-0.1, -0.05) is 56.0 Å². The van der Waals surface area contributed by atoms with Gasteiger partial charge in [-0.05, 0) is 115 Å². The molecular weight excluding hydrogens is 588 g/mol. The van der Waals surface area contributed by atoms with Crippen molar-refractivity contribution in [2.45, 2.75) is 33.1 Å². The smallest absolute Gasteiger partial charge is 0.343 e. The molecule has 0 unspecified atom stereocenters. The fourth-order valence-corrected chi connectivity index (χ4v) is 5.15. The van der Waals surface area contributed by atoms with Gasteiger partial charge in [0.05, 0.1) is 25.3 Å². The van der Waals surface area contributed by atoms with Crippen LogP contribution >= 0.6 is 0 Å². The molecule has 0 amide bonds. The maximum atomic E-state index is 13.0. The summed E-state index contributed by atoms with van der Waals surface area (Å²) in [5.41, 5.74) is 5.82. The Labute approximate surface area is 275 Å². The molecule has 0 saturated carbocycles. The molecule has 47 heavy (non-hydrogen) atoms. The van der Waals surface area contributed by atoms with Gasteiger partial charge in [0.25, 0.3) is 0 Å². The van der Waals surface area contributed by atoms with Crippen LogP contribution in [0.2, 0.25) is 0 Å². The lowest BCUT2D eigenvalue weighted by molar-refractivity contribution is 0.0733. The van der Waals surface area contributed by atoms with Crippen LogP contribution in [-0.4, -0.2) is 26.2 Å². The van der Waals surface area contributed by atoms with Crippen molar-refractivity contribution in [1.29, 1.82) is 0 Å². The third kappa shape index (κ3) is 7.71. The van der Waals surface area contributed by atoms with E-state index >= 15 is 0 Å². The molecule has 236 valence electrons. The number of carbonyl (C=O) groups excluding carboxylic acids is 2. The van der Waals surface area contributed by atoms with Crippen LogP contribution in [0.5, 0.6) is 23.0 Å². The first-order valence-electron chi connectivity index (χ1n) is 15.1. The molecule has 6 nitrogen and oxygen atoms in total. The lowest BCUT2D eigenvalue weighted by Crippen LogP contribution is -2.18. The lowest BCUT2D eigenvalue weighted by Gasteiger charge is -2.26. The van der Waals surface area contributed by atoms with Crippen molar-refractivity contribution in [1.82, 2.24) is 0 Å². The predicted octanol–water partition coefficient (Wildman–Crippen LogP) is 8.48. The highest BCUT2D eigenvalue weighted by atomic mass is 16.5. The number of rotatable bonds is 8. The van der Waals surface area contributed by atoms with Crippen LogP contribution in [0.4, 0.5) is 0 Å². The van der Waals surface area contributed by atoms with E-state index in [0.717, 1.165) is 44.9 Å². The molecule has 0 radical (unpaired) electrons. The Balaban J connectivity index is 1.22. The second-order valence-electron chi connectivity index (χ2n) is 11.7. The molecule has 0 bridgehead atoms. The number of hydrogen-bond acceptors (Lipinski definition) is 6. The van der Waals surface area contributed by atoms with Crippen molar-refractivity contribution >= 4 is 11.9 Å². The Morgan fingerprint density at radius 1 is 0.553 bits per heavy atom. The monoisotopic (exact) mass is 624 g/mol. The molecule has 0 aliphatic rings. The summed E-state index contributed by atoms with van der Waals surface area (Å²) in [4.78, 5) is 26.1. The van der Waals surface area contributed by atoms with E-state index in [1.807, 2.05) is 74.5 Å². The van der Waals surface area contributed by atoms with Crippen LogP contribution in [-0.2, 0) is 5.41 Å². The van der Waals surface area contributed by atoms with E-state index in [2.05, 4.69) is 25.7 Å². The van der Waals surface area contributed by atoms with Crippen molar-refractivity contribution in [2.24, 2.45) is 0 Å². The number of carbonyl (C=O) groups is 2. The molecule has 5 aromatic carbocycles. The van der Waals surface area contributed by atoms with Gasteiger partial charge in [0.15, 0.2) is 0 Å². The lowest BCUT2D eigenvalue weighted by atomic mass is 9.78. The van der Waals surface area contributed by atoms with Gasteiger partial charge in [-0.3, -0.25) is 0 Å². The van der Waals surface area contributed by atoms with Crippen LogP contribution in [0.25, 0.3) is 0 Å². The fraction of sp³-hybridized carbons (Fsp3) is 0.171. The molecule has 0 aliphatic carbocycles. The zero-order valence-corrected chi connectivity index (χ0v) is 27.3. The van der Waals surface area contributed by atoms with Crippen molar-refractivity contribution in [3.63, 3.8) is 0 Å². The molecule has 5 rings (SSSR count). The first-order chi connectivity index (χ1) is 22.6. The number of ether oxygens (including phenoxy) is 4. The minimum absolute atomic E-state index is 0.231. The summed E-state index contributed by atoms with van der Waals surface area (Å²) in [5.74, 6) is 7.58. The van der Waals surface area contributed by atoms with E-state index in [-0.39, 0.29) is 16.5 Å². The molecule has 0 heterocycles. The van der Waals surface area contributed by atoms with Gasteiger partial charge in [-0.2, -0.15) is 0 Å². The Morgan fingerprint density at radius 2 is 1.04 bits per heavy atom. The second kappa shape index (κ2) is 14.1. The van der Waals surface area contributed by atoms with Crippen LogP contribution < -0.4 is 18.9 Å². The first kappa shape index (κ1) is 32.6. The number of esters is 2. The summed E-state index contributed by atoms with van der Waals surface area (Å²) in [6, 6.07) is 32.8. The van der Waals surface area contributed by atoms with Gasteiger partial charge in [-0.15, -0.1) is 0 Å². The zero-order valence-electron chi connectivity index (χ0n) is 27.3. The Kier molecular flexibility index (Phi) is 9.77. The highest BCUT2D eigenvalue weighted by Gasteiger charge is 2.23. The summed E-state index contributed by atoms with van der Waals surface area (Å²) >= 11 is 0. The van der Waals surface area contributed by atoms with E-state index in [9.17, 15) is 9.59 Å². The Morgan fingerprint density at radius 3 is 1.53 bits per heavy atom. The summed E-state index contributed by atoms with van der Waals surface area (Å²) in [7, 11) is 3.29. The number of methoxy groups -OCH3 is 2. The largest absolute Gasteiger partial charge is 0.497 e. The molecule has 0 atom stereocenters. The highest BCUT2D eigenvalue weighted by molar-refractivity contribution is 5.96. The minimum Gasteiger partial charge on any atom is -0.497 e. The first-order valence-corrected chi connectivity index (χ1v) is 15.1. The average Bonchev–Trinajstić information content (AvgIpc) is 3.08. The normalized spacial score (nSPS) is 10.8. The van der Waals surface area contributed by atoms with E-state index in [4.69, 9.17) is 18.9 Å². The summed E-state index contributed by atoms with van der Waals surface area (Å²) in [6.07, 6.45) is 0. The third-order valence-electron chi connectivity index (χ3n) is 8.06. The van der Waals surface area contributed by atoms with Gasteiger partial charge in [0, 0.05) is 16.5 Å². The molecule has 0 spiro atoms. The van der Waals surface area contributed by atoms with Crippen LogP contribution in [0.1, 0.15) is 67.9 Å². The van der Waals surface area contributed by atoms with E-state index in [0.29, 0.717) is 11.5 Å². The van der Waals surface area contributed by atoms with Gasteiger partial charge in [0.1, 0.15) is 23.0 Å². The highest BCUT2D eigenvalue weighted by Crippen LogP contribution is 2.33. The topological polar surface area (TPSA) is 71.1 Å². The van der Waals surface area contributed by atoms with E-state index in [1.54, 1.807) is 56.7 Å². The van der Waals surface area contributed by atoms with Gasteiger partial charge < -0.3 is 18.9 Å². The van der Waals surface area contributed by atoms with Crippen LogP contribution in [0.3, 0.4) is 0 Å². The molecule has 0 aromatic heterocycles. The summed E-state index contributed by atoms with van der Waals surface area (Å²) in [6.45, 7) is 8.09. The summed E-state index contributed by atoms with van der Waals surface area (Å²) in [5, 5.41) is 0. The fourth-order valence-electron chi connectivity index (χ4n) is 5.15. The van der Waals surface area contributed by atoms with Gasteiger partial charge in [0.2, 0.25) is 0 Å². The Hall–Kier alpha value is -5.80. The van der Waals surface area contributed by atoms with Crippen molar-refractivity contribution in [2.75, 3.05) is 14.2 Å². The summed E-state index contributed by atoms with van der Waals surface area (Å²) < 4.78 is 21.9. The van der Waals surface area contributed by atoms with Crippen molar-refractivity contribution < 1.29 is 28.5 Å². The second-order valence-corrected chi connectivity index (χ2v) is 11.7. The van der Waals surface area contributed by atoms with Crippen molar-refractivity contribution in [3.8, 4) is 34.8 Å². The Bertz CT molecular complexity index is 1980. The number of benzene rings is 5. The SMILES string of the molecule is COc1ccc(C(C)(C)c2ccc(OC(=O)c3cccc(C(=O)Oc4ccc(C#Cc5ccc(OC)c(C)c5)cc4C)c3)cc2)cc1.